The van der Waals surface area contributed by atoms with Crippen molar-refractivity contribution in [2.45, 2.75) is 39.3 Å². The van der Waals surface area contributed by atoms with E-state index in [4.69, 9.17) is 0 Å². The summed E-state index contributed by atoms with van der Waals surface area (Å²) in [6.45, 7) is 6.32. The van der Waals surface area contributed by atoms with Crippen molar-refractivity contribution in [2.24, 2.45) is 5.92 Å². The highest BCUT2D eigenvalue weighted by Crippen LogP contribution is 2.18. The second kappa shape index (κ2) is 8.23. The molecule has 0 aliphatic carbocycles. The van der Waals surface area contributed by atoms with E-state index in [-0.39, 0.29) is 5.91 Å². The van der Waals surface area contributed by atoms with Crippen LogP contribution in [0, 0.1) is 5.92 Å². The molecule has 5 nitrogen and oxygen atoms in total. The van der Waals surface area contributed by atoms with Gasteiger partial charge in [-0.05, 0) is 36.4 Å². The number of carbonyl (C=O) groups excluding carboxylic acids is 1. The Morgan fingerprint density at radius 1 is 1.30 bits per heavy atom. The summed E-state index contributed by atoms with van der Waals surface area (Å²) in [5.74, 6) is 0.812. The normalized spacial score (nSPS) is 18.0. The molecule has 1 fully saturated rings. The number of benzene rings is 1. The van der Waals surface area contributed by atoms with Gasteiger partial charge < -0.3 is 5.32 Å². The topological polar surface area (TPSA) is 49.6 Å². The lowest BCUT2D eigenvalue weighted by Gasteiger charge is -2.30. The summed E-state index contributed by atoms with van der Waals surface area (Å²) in [6.07, 6.45) is 6.86. The fourth-order valence-electron chi connectivity index (χ4n) is 3.74. The summed E-state index contributed by atoms with van der Waals surface area (Å²) in [7, 11) is 0. The number of rotatable bonds is 6. The SMILES string of the molecule is CC1CCCN(Cc2ccc(CNC(=O)Cc3cn4ccsc4n3)cc2)C1. The quantitative estimate of drug-likeness (QED) is 0.710. The zero-order chi connectivity index (χ0) is 18.6. The highest BCUT2D eigenvalue weighted by molar-refractivity contribution is 7.15. The number of imidazole rings is 1. The van der Waals surface area contributed by atoms with Crippen molar-refractivity contribution in [3.05, 3.63) is 58.9 Å². The van der Waals surface area contributed by atoms with E-state index >= 15 is 0 Å². The largest absolute Gasteiger partial charge is 0.352 e. The van der Waals surface area contributed by atoms with Gasteiger partial charge in [-0.15, -0.1) is 11.3 Å². The van der Waals surface area contributed by atoms with Gasteiger partial charge in [0.25, 0.3) is 0 Å². The van der Waals surface area contributed by atoms with Crippen LogP contribution in [0.2, 0.25) is 0 Å². The Hall–Kier alpha value is -2.18. The summed E-state index contributed by atoms with van der Waals surface area (Å²) in [5, 5.41) is 4.98. The smallest absolute Gasteiger partial charge is 0.226 e. The maximum absolute atomic E-state index is 12.2. The van der Waals surface area contributed by atoms with Crippen molar-refractivity contribution >= 4 is 22.2 Å². The predicted octanol–water partition coefficient (Wildman–Crippen LogP) is 3.49. The molecular formula is C21H26N4OS. The number of hydrogen-bond acceptors (Lipinski definition) is 4. The van der Waals surface area contributed by atoms with Crippen LogP contribution in [0.4, 0.5) is 0 Å². The van der Waals surface area contributed by atoms with Crippen molar-refractivity contribution in [3.63, 3.8) is 0 Å². The van der Waals surface area contributed by atoms with E-state index in [0.717, 1.165) is 28.7 Å². The standard InChI is InChI=1S/C21H26N4OS/c1-16-3-2-8-24(13-16)14-18-6-4-17(5-7-18)12-22-20(26)11-19-15-25-9-10-27-21(25)23-19/h4-7,9-10,15-16H,2-3,8,11-14H2,1H3,(H,22,26). The van der Waals surface area contributed by atoms with Crippen LogP contribution in [-0.2, 0) is 24.3 Å². The zero-order valence-corrected chi connectivity index (χ0v) is 16.5. The number of hydrogen-bond donors (Lipinski definition) is 1. The van der Waals surface area contributed by atoms with E-state index < -0.39 is 0 Å². The van der Waals surface area contributed by atoms with Gasteiger partial charge in [-0.3, -0.25) is 14.1 Å². The van der Waals surface area contributed by atoms with Gasteiger partial charge in [0.1, 0.15) is 0 Å². The van der Waals surface area contributed by atoms with E-state index in [9.17, 15) is 4.79 Å². The molecule has 4 rings (SSSR count). The fraction of sp³-hybridized carbons (Fsp3) is 0.429. The Kier molecular flexibility index (Phi) is 5.55. The third kappa shape index (κ3) is 4.76. The molecule has 2 aromatic heterocycles. The number of aromatic nitrogens is 2. The number of fused-ring (bicyclic) bond motifs is 1. The van der Waals surface area contributed by atoms with Crippen LogP contribution >= 0.6 is 11.3 Å². The average Bonchev–Trinajstić information content (AvgIpc) is 3.23. The molecule has 1 atom stereocenters. The van der Waals surface area contributed by atoms with Gasteiger partial charge in [0, 0.05) is 37.4 Å². The molecule has 3 aromatic rings. The fourth-order valence-corrected chi connectivity index (χ4v) is 4.46. The zero-order valence-electron chi connectivity index (χ0n) is 15.7. The van der Waals surface area contributed by atoms with Crippen LogP contribution in [0.15, 0.2) is 42.0 Å². The summed E-state index contributed by atoms with van der Waals surface area (Å²) in [4.78, 5) is 20.1. The van der Waals surface area contributed by atoms with E-state index in [1.165, 1.54) is 31.5 Å². The molecular weight excluding hydrogens is 356 g/mol. The summed E-state index contributed by atoms with van der Waals surface area (Å²) < 4.78 is 1.95. The Morgan fingerprint density at radius 2 is 2.11 bits per heavy atom. The Morgan fingerprint density at radius 3 is 2.89 bits per heavy atom. The molecule has 1 aliphatic rings. The highest BCUT2D eigenvalue weighted by Gasteiger charge is 2.16. The minimum absolute atomic E-state index is 0.00661. The van der Waals surface area contributed by atoms with Gasteiger partial charge in [-0.2, -0.15) is 0 Å². The first-order valence-electron chi connectivity index (χ1n) is 9.63. The molecule has 0 radical (unpaired) electrons. The Balaban J connectivity index is 1.25. The van der Waals surface area contributed by atoms with Crippen molar-refractivity contribution < 1.29 is 4.79 Å². The first-order valence-corrected chi connectivity index (χ1v) is 10.5. The van der Waals surface area contributed by atoms with E-state index in [0.29, 0.717) is 13.0 Å². The number of nitrogens with zero attached hydrogens (tertiary/aromatic N) is 3. The number of amides is 1. The minimum atomic E-state index is 0.00661. The van der Waals surface area contributed by atoms with Gasteiger partial charge in [-0.25, -0.2) is 4.98 Å². The van der Waals surface area contributed by atoms with Crippen LogP contribution in [0.25, 0.3) is 4.96 Å². The van der Waals surface area contributed by atoms with Crippen molar-refractivity contribution in [1.29, 1.82) is 0 Å². The molecule has 1 aliphatic heterocycles. The molecule has 0 spiro atoms. The molecule has 0 bridgehead atoms. The first-order chi connectivity index (χ1) is 13.2. The lowest BCUT2D eigenvalue weighted by molar-refractivity contribution is -0.120. The van der Waals surface area contributed by atoms with Crippen LogP contribution in [-0.4, -0.2) is 33.3 Å². The lowest BCUT2D eigenvalue weighted by Crippen LogP contribution is -2.33. The van der Waals surface area contributed by atoms with Gasteiger partial charge in [-0.1, -0.05) is 31.2 Å². The van der Waals surface area contributed by atoms with E-state index in [1.807, 2.05) is 22.2 Å². The molecule has 1 amide bonds. The maximum atomic E-state index is 12.2. The number of carbonyl (C=O) groups is 1. The third-order valence-corrected chi connectivity index (χ3v) is 5.92. The highest BCUT2D eigenvalue weighted by atomic mass is 32.1. The number of thiazole rings is 1. The molecule has 3 heterocycles. The van der Waals surface area contributed by atoms with Crippen LogP contribution in [0.1, 0.15) is 36.6 Å². The van der Waals surface area contributed by atoms with Crippen LogP contribution in [0.3, 0.4) is 0 Å². The number of nitrogens with one attached hydrogen (secondary N) is 1. The van der Waals surface area contributed by atoms with E-state index in [2.05, 4.69) is 46.4 Å². The van der Waals surface area contributed by atoms with Crippen LogP contribution < -0.4 is 5.32 Å². The first kappa shape index (κ1) is 18.2. The molecule has 6 heteroatoms. The lowest BCUT2D eigenvalue weighted by atomic mass is 9.99. The molecule has 27 heavy (non-hydrogen) atoms. The summed E-state index contributed by atoms with van der Waals surface area (Å²) >= 11 is 1.58. The summed E-state index contributed by atoms with van der Waals surface area (Å²) in [5.41, 5.74) is 3.28. The Labute approximate surface area is 164 Å². The van der Waals surface area contributed by atoms with Crippen molar-refractivity contribution in [2.75, 3.05) is 13.1 Å². The Bertz CT molecular complexity index is 870. The predicted molar refractivity (Wildman–Crippen MR) is 109 cm³/mol. The second-order valence-electron chi connectivity index (χ2n) is 7.58. The van der Waals surface area contributed by atoms with Gasteiger partial charge in [0.2, 0.25) is 5.91 Å². The molecule has 0 saturated carbocycles. The summed E-state index contributed by atoms with van der Waals surface area (Å²) in [6, 6.07) is 8.61. The second-order valence-corrected chi connectivity index (χ2v) is 8.45. The maximum Gasteiger partial charge on any atom is 0.226 e. The van der Waals surface area contributed by atoms with E-state index in [1.54, 1.807) is 11.3 Å². The van der Waals surface area contributed by atoms with Crippen LogP contribution in [0.5, 0.6) is 0 Å². The molecule has 142 valence electrons. The minimum Gasteiger partial charge on any atom is -0.352 e. The van der Waals surface area contributed by atoms with Crippen molar-refractivity contribution in [3.8, 4) is 0 Å². The molecule has 1 aromatic carbocycles. The van der Waals surface area contributed by atoms with Crippen molar-refractivity contribution in [1.82, 2.24) is 19.6 Å². The number of likely N-dealkylation sites (tertiary alicyclic amines) is 1. The van der Waals surface area contributed by atoms with Gasteiger partial charge in [0.05, 0.1) is 12.1 Å². The van der Waals surface area contributed by atoms with Gasteiger partial charge in [0.15, 0.2) is 4.96 Å². The molecule has 1 unspecified atom stereocenters. The number of piperidine rings is 1. The third-order valence-electron chi connectivity index (χ3n) is 5.14. The monoisotopic (exact) mass is 382 g/mol. The van der Waals surface area contributed by atoms with Gasteiger partial charge >= 0.3 is 0 Å². The average molecular weight is 383 g/mol. The molecule has 1 saturated heterocycles. The molecule has 1 N–H and O–H groups in total.